The first-order valence-electron chi connectivity index (χ1n) is 5.72. The Morgan fingerprint density at radius 2 is 2.17 bits per heavy atom. The Labute approximate surface area is 103 Å². The van der Waals surface area contributed by atoms with Gasteiger partial charge in [-0.3, -0.25) is 14.9 Å². The van der Waals surface area contributed by atoms with Crippen molar-refractivity contribution >= 4 is 11.6 Å². The second-order valence-electron chi connectivity index (χ2n) is 4.67. The van der Waals surface area contributed by atoms with Crippen molar-refractivity contribution < 1.29 is 14.1 Å². The number of halogens is 1. The van der Waals surface area contributed by atoms with Gasteiger partial charge in [-0.15, -0.1) is 0 Å². The average Bonchev–Trinajstić information content (AvgIpc) is 2.26. The monoisotopic (exact) mass is 252 g/mol. The molecule has 0 heterocycles. The van der Waals surface area contributed by atoms with E-state index >= 15 is 0 Å². The fraction of sp³-hybridized carbons (Fsp3) is 0.417. The Morgan fingerprint density at radius 1 is 1.50 bits per heavy atom. The van der Waals surface area contributed by atoms with Gasteiger partial charge in [0.25, 0.3) is 5.91 Å². The predicted octanol–water partition coefficient (Wildman–Crippen LogP) is 2.26. The third kappa shape index (κ3) is 2.47. The van der Waals surface area contributed by atoms with Crippen molar-refractivity contribution in [3.63, 3.8) is 0 Å². The zero-order valence-corrected chi connectivity index (χ0v) is 9.85. The van der Waals surface area contributed by atoms with E-state index in [1.54, 1.807) is 0 Å². The van der Waals surface area contributed by atoms with Gasteiger partial charge in [0, 0.05) is 17.7 Å². The van der Waals surface area contributed by atoms with Gasteiger partial charge in [0.05, 0.1) is 4.92 Å². The normalized spacial score (nSPS) is 22.1. The van der Waals surface area contributed by atoms with Crippen LogP contribution in [0.5, 0.6) is 0 Å². The molecule has 18 heavy (non-hydrogen) atoms. The minimum atomic E-state index is -0.991. The summed E-state index contributed by atoms with van der Waals surface area (Å²) in [6.45, 7) is 2.09. The Morgan fingerprint density at radius 3 is 2.67 bits per heavy atom. The van der Waals surface area contributed by atoms with Gasteiger partial charge < -0.3 is 5.32 Å². The lowest BCUT2D eigenvalue weighted by atomic mass is 9.82. The highest BCUT2D eigenvalue weighted by molar-refractivity contribution is 5.94. The summed E-state index contributed by atoms with van der Waals surface area (Å²) in [7, 11) is 0. The van der Waals surface area contributed by atoms with Gasteiger partial charge in [0.15, 0.2) is 0 Å². The minimum absolute atomic E-state index is 0.109. The molecule has 1 fully saturated rings. The van der Waals surface area contributed by atoms with Gasteiger partial charge >= 0.3 is 5.69 Å². The lowest BCUT2D eigenvalue weighted by molar-refractivity contribution is -0.387. The first kappa shape index (κ1) is 12.5. The molecule has 1 aliphatic rings. The number of hydrogen-bond acceptors (Lipinski definition) is 3. The summed E-state index contributed by atoms with van der Waals surface area (Å²) in [4.78, 5) is 21.4. The van der Waals surface area contributed by atoms with Crippen LogP contribution in [0.3, 0.4) is 0 Å². The largest absolute Gasteiger partial charge is 0.349 e. The van der Waals surface area contributed by atoms with Crippen LogP contribution in [0.15, 0.2) is 18.2 Å². The van der Waals surface area contributed by atoms with Crippen molar-refractivity contribution in [3.8, 4) is 0 Å². The van der Waals surface area contributed by atoms with Crippen LogP contribution in [0.1, 0.15) is 30.1 Å². The Bertz CT molecular complexity index is 498. The van der Waals surface area contributed by atoms with E-state index in [9.17, 15) is 19.3 Å². The average molecular weight is 252 g/mol. The van der Waals surface area contributed by atoms with E-state index in [1.807, 2.05) is 0 Å². The third-order valence-corrected chi connectivity index (χ3v) is 3.12. The molecule has 0 aliphatic heterocycles. The molecule has 2 rings (SSSR count). The zero-order chi connectivity index (χ0) is 13.3. The Balaban J connectivity index is 2.07. The molecule has 96 valence electrons. The van der Waals surface area contributed by atoms with Gasteiger partial charge in [-0.05, 0) is 30.9 Å². The molecule has 0 spiro atoms. The van der Waals surface area contributed by atoms with Crippen molar-refractivity contribution in [2.45, 2.75) is 25.8 Å². The summed E-state index contributed by atoms with van der Waals surface area (Å²) in [6, 6.07) is 3.30. The highest BCUT2D eigenvalue weighted by Crippen LogP contribution is 2.26. The molecule has 1 aromatic rings. The highest BCUT2D eigenvalue weighted by atomic mass is 19.1. The summed E-state index contributed by atoms with van der Waals surface area (Å²) in [5.74, 6) is -0.778. The van der Waals surface area contributed by atoms with Crippen LogP contribution in [0, 0.1) is 21.8 Å². The van der Waals surface area contributed by atoms with E-state index in [0.29, 0.717) is 5.92 Å². The van der Waals surface area contributed by atoms with Crippen LogP contribution < -0.4 is 5.32 Å². The molecule has 6 heteroatoms. The first-order chi connectivity index (χ1) is 8.47. The van der Waals surface area contributed by atoms with E-state index < -0.39 is 16.4 Å². The molecule has 5 nitrogen and oxygen atoms in total. The molecule has 0 atom stereocenters. The number of carbonyl (C=O) groups excluding carboxylic acids is 1. The summed E-state index contributed by atoms with van der Waals surface area (Å²) >= 11 is 0. The van der Waals surface area contributed by atoms with Gasteiger partial charge in [0.1, 0.15) is 0 Å². The molecule has 0 aromatic heterocycles. The molecule has 0 radical (unpaired) electrons. The summed E-state index contributed by atoms with van der Waals surface area (Å²) in [5, 5.41) is 13.2. The van der Waals surface area contributed by atoms with Crippen molar-refractivity contribution in [1.29, 1.82) is 0 Å². The third-order valence-electron chi connectivity index (χ3n) is 3.12. The number of hydrogen-bond donors (Lipinski definition) is 1. The van der Waals surface area contributed by atoms with Crippen LogP contribution >= 0.6 is 0 Å². The number of nitrogens with one attached hydrogen (secondary N) is 1. The summed E-state index contributed by atoms with van der Waals surface area (Å²) < 4.78 is 13.3. The number of amides is 1. The second-order valence-corrected chi connectivity index (χ2v) is 4.67. The molecule has 0 bridgehead atoms. The molecule has 0 unspecified atom stereocenters. The van der Waals surface area contributed by atoms with Crippen LogP contribution in [-0.4, -0.2) is 16.9 Å². The van der Waals surface area contributed by atoms with Gasteiger partial charge in [0.2, 0.25) is 5.82 Å². The number of nitro groups is 1. The summed E-state index contributed by atoms with van der Waals surface area (Å²) in [5.41, 5.74) is -0.513. The molecule has 1 N–H and O–H groups in total. The quantitative estimate of drug-likeness (QED) is 0.662. The van der Waals surface area contributed by atoms with Gasteiger partial charge in [-0.1, -0.05) is 6.92 Å². The van der Waals surface area contributed by atoms with E-state index in [1.165, 1.54) is 6.07 Å². The number of carbonyl (C=O) groups is 1. The minimum Gasteiger partial charge on any atom is -0.349 e. The van der Waals surface area contributed by atoms with Crippen molar-refractivity contribution in [2.24, 2.45) is 5.92 Å². The second kappa shape index (κ2) is 4.72. The van der Waals surface area contributed by atoms with Crippen LogP contribution in [0.25, 0.3) is 0 Å². The lowest BCUT2D eigenvalue weighted by Gasteiger charge is -2.33. The standard InChI is InChI=1S/C12H13FN2O3/c1-7-4-9(5-7)14-12(16)8-2-3-11(15(17)18)10(13)6-8/h2-3,6-7,9H,4-5H2,1H3,(H,14,16). The Hall–Kier alpha value is -1.98. The van der Waals surface area contributed by atoms with Crippen LogP contribution in [0.2, 0.25) is 0 Å². The van der Waals surface area contributed by atoms with E-state index in [2.05, 4.69) is 12.2 Å². The van der Waals surface area contributed by atoms with Crippen molar-refractivity contribution in [3.05, 3.63) is 39.7 Å². The molecule has 1 amide bonds. The van der Waals surface area contributed by atoms with Crippen LogP contribution in [0.4, 0.5) is 10.1 Å². The molecule has 1 aliphatic carbocycles. The SMILES string of the molecule is CC1CC(NC(=O)c2ccc([N+](=O)[O-])c(F)c2)C1. The fourth-order valence-electron chi connectivity index (χ4n) is 2.09. The number of nitrogens with zero attached hydrogens (tertiary/aromatic N) is 1. The number of rotatable bonds is 3. The fourth-order valence-corrected chi connectivity index (χ4v) is 2.09. The summed E-state index contributed by atoms with van der Waals surface area (Å²) in [6.07, 6.45) is 1.84. The number of nitro benzene ring substituents is 1. The van der Waals surface area contributed by atoms with Crippen LogP contribution in [-0.2, 0) is 0 Å². The highest BCUT2D eigenvalue weighted by Gasteiger charge is 2.27. The molecule has 0 saturated heterocycles. The molecular weight excluding hydrogens is 239 g/mol. The lowest BCUT2D eigenvalue weighted by Crippen LogP contribution is -2.43. The van der Waals surface area contributed by atoms with Gasteiger partial charge in [-0.25, -0.2) is 0 Å². The molecular formula is C12H13FN2O3. The smallest absolute Gasteiger partial charge is 0.304 e. The number of benzene rings is 1. The molecule has 1 aromatic carbocycles. The van der Waals surface area contributed by atoms with Gasteiger partial charge in [-0.2, -0.15) is 4.39 Å². The predicted molar refractivity (Wildman–Crippen MR) is 62.7 cm³/mol. The van der Waals surface area contributed by atoms with E-state index in [0.717, 1.165) is 25.0 Å². The maximum absolute atomic E-state index is 13.3. The van der Waals surface area contributed by atoms with E-state index in [4.69, 9.17) is 0 Å². The zero-order valence-electron chi connectivity index (χ0n) is 9.85. The first-order valence-corrected chi connectivity index (χ1v) is 5.72. The molecule has 1 saturated carbocycles. The van der Waals surface area contributed by atoms with E-state index in [-0.39, 0.29) is 17.5 Å². The Kier molecular flexibility index (Phi) is 3.27. The maximum atomic E-state index is 13.3. The topological polar surface area (TPSA) is 72.2 Å². The van der Waals surface area contributed by atoms with Crippen molar-refractivity contribution in [1.82, 2.24) is 5.32 Å². The van der Waals surface area contributed by atoms with Crippen molar-refractivity contribution in [2.75, 3.05) is 0 Å². The maximum Gasteiger partial charge on any atom is 0.304 e.